The zero-order valence-corrected chi connectivity index (χ0v) is 13.1. The van der Waals surface area contributed by atoms with Gasteiger partial charge in [0.1, 0.15) is 0 Å². The molecule has 0 unspecified atom stereocenters. The molecule has 23 heavy (non-hydrogen) atoms. The number of hydrogen-bond acceptors (Lipinski definition) is 6. The smallest absolute Gasteiger partial charge is 0.276 e. The van der Waals surface area contributed by atoms with Gasteiger partial charge in [0.2, 0.25) is 5.89 Å². The molecule has 0 amide bonds. The Kier molecular flexibility index (Phi) is 4.92. The quantitative estimate of drug-likeness (QED) is 0.695. The summed E-state index contributed by atoms with van der Waals surface area (Å²) >= 11 is 1.48. The van der Waals surface area contributed by atoms with Crippen LogP contribution in [0.15, 0.2) is 64.2 Å². The standard InChI is InChI=1S/C17H14N4OS/c18-10-13-6-8-14(9-7-13)12-23-17-21-20-16(22-17)11-19-15-4-2-1-3-5-15/h1-9,19H,11-12H2. The van der Waals surface area contributed by atoms with Crippen molar-refractivity contribution in [1.29, 1.82) is 5.26 Å². The van der Waals surface area contributed by atoms with E-state index in [0.29, 0.717) is 23.2 Å². The lowest BCUT2D eigenvalue weighted by molar-refractivity contribution is 0.418. The fourth-order valence-electron chi connectivity index (χ4n) is 1.92. The summed E-state index contributed by atoms with van der Waals surface area (Å²) in [6.45, 7) is 0.494. The number of thioether (sulfide) groups is 1. The molecule has 0 bridgehead atoms. The zero-order valence-electron chi connectivity index (χ0n) is 12.3. The van der Waals surface area contributed by atoms with Crippen molar-refractivity contribution in [3.63, 3.8) is 0 Å². The van der Waals surface area contributed by atoms with E-state index < -0.39 is 0 Å². The summed E-state index contributed by atoms with van der Waals surface area (Å²) in [5, 5.41) is 20.6. The molecule has 0 aliphatic carbocycles. The Labute approximate surface area is 138 Å². The topological polar surface area (TPSA) is 74.7 Å². The van der Waals surface area contributed by atoms with Gasteiger partial charge in [-0.2, -0.15) is 5.26 Å². The van der Waals surface area contributed by atoms with E-state index in [4.69, 9.17) is 9.68 Å². The minimum absolute atomic E-state index is 0.494. The number of rotatable bonds is 6. The maximum atomic E-state index is 8.78. The van der Waals surface area contributed by atoms with Crippen LogP contribution in [0.3, 0.4) is 0 Å². The van der Waals surface area contributed by atoms with E-state index in [1.807, 2.05) is 42.5 Å². The van der Waals surface area contributed by atoms with Gasteiger partial charge in [0.05, 0.1) is 18.2 Å². The lowest BCUT2D eigenvalue weighted by Gasteiger charge is -2.01. The summed E-state index contributed by atoms with van der Waals surface area (Å²) in [6, 6.07) is 19.4. The molecule has 3 rings (SSSR count). The molecule has 0 aliphatic heterocycles. The summed E-state index contributed by atoms with van der Waals surface area (Å²) in [5.41, 5.74) is 2.78. The van der Waals surface area contributed by atoms with Crippen LogP contribution in [-0.4, -0.2) is 10.2 Å². The zero-order chi connectivity index (χ0) is 15.9. The van der Waals surface area contributed by atoms with Gasteiger partial charge in [0.25, 0.3) is 5.22 Å². The predicted molar refractivity (Wildman–Crippen MR) is 88.8 cm³/mol. The lowest BCUT2D eigenvalue weighted by atomic mass is 10.2. The molecule has 3 aromatic rings. The van der Waals surface area contributed by atoms with E-state index >= 15 is 0 Å². The fourth-order valence-corrected chi connectivity index (χ4v) is 2.66. The summed E-state index contributed by atoms with van der Waals surface area (Å²) in [7, 11) is 0. The van der Waals surface area contributed by atoms with Crippen molar-refractivity contribution in [3.05, 3.63) is 71.6 Å². The van der Waals surface area contributed by atoms with Gasteiger partial charge in [-0.1, -0.05) is 42.1 Å². The number of aromatic nitrogens is 2. The van der Waals surface area contributed by atoms with Crippen molar-refractivity contribution in [2.45, 2.75) is 17.5 Å². The molecule has 0 atom stereocenters. The second-order valence-corrected chi connectivity index (χ2v) is 5.71. The Morgan fingerprint density at radius 3 is 2.57 bits per heavy atom. The van der Waals surface area contributed by atoms with Gasteiger partial charge in [-0.25, -0.2) is 0 Å². The van der Waals surface area contributed by atoms with Crippen molar-refractivity contribution in [2.24, 2.45) is 0 Å². The van der Waals surface area contributed by atoms with E-state index in [0.717, 1.165) is 17.0 Å². The predicted octanol–water partition coefficient (Wildman–Crippen LogP) is 3.85. The maximum Gasteiger partial charge on any atom is 0.276 e. The molecule has 0 saturated heterocycles. The molecule has 5 nitrogen and oxygen atoms in total. The fraction of sp³-hybridized carbons (Fsp3) is 0.118. The summed E-state index contributed by atoms with van der Waals surface area (Å²) in [5.74, 6) is 1.27. The SMILES string of the molecule is N#Cc1ccc(CSc2nnc(CNc3ccccc3)o2)cc1. The largest absolute Gasteiger partial charge is 0.414 e. The molecule has 1 heterocycles. The maximum absolute atomic E-state index is 8.78. The van der Waals surface area contributed by atoms with E-state index in [9.17, 15) is 0 Å². The number of nitrogens with one attached hydrogen (secondary N) is 1. The Morgan fingerprint density at radius 2 is 1.83 bits per heavy atom. The van der Waals surface area contributed by atoms with Crippen LogP contribution in [0.1, 0.15) is 17.0 Å². The molecule has 0 aliphatic rings. The second kappa shape index (κ2) is 7.47. The Hall–Kier alpha value is -2.78. The molecule has 0 spiro atoms. The number of nitriles is 1. The number of anilines is 1. The van der Waals surface area contributed by atoms with Gasteiger partial charge in [0.15, 0.2) is 0 Å². The Balaban J connectivity index is 1.51. The first-order chi connectivity index (χ1) is 11.3. The van der Waals surface area contributed by atoms with Crippen LogP contribution in [0.25, 0.3) is 0 Å². The van der Waals surface area contributed by atoms with Gasteiger partial charge in [-0.15, -0.1) is 10.2 Å². The molecule has 2 aromatic carbocycles. The van der Waals surface area contributed by atoms with Crippen LogP contribution in [0.4, 0.5) is 5.69 Å². The summed E-state index contributed by atoms with van der Waals surface area (Å²) in [6.07, 6.45) is 0. The van der Waals surface area contributed by atoms with Gasteiger partial charge in [0, 0.05) is 11.4 Å². The summed E-state index contributed by atoms with van der Waals surface area (Å²) < 4.78 is 5.60. The van der Waals surface area contributed by atoms with Crippen molar-refractivity contribution >= 4 is 17.4 Å². The molecule has 6 heteroatoms. The minimum atomic E-state index is 0.494. The molecule has 1 N–H and O–H groups in total. The summed E-state index contributed by atoms with van der Waals surface area (Å²) in [4.78, 5) is 0. The third-order valence-electron chi connectivity index (χ3n) is 3.11. The first kappa shape index (κ1) is 15.1. The first-order valence-electron chi connectivity index (χ1n) is 7.06. The van der Waals surface area contributed by atoms with Crippen molar-refractivity contribution in [3.8, 4) is 6.07 Å². The molecule has 114 valence electrons. The van der Waals surface area contributed by atoms with Crippen molar-refractivity contribution < 1.29 is 4.42 Å². The highest BCUT2D eigenvalue weighted by molar-refractivity contribution is 7.98. The van der Waals surface area contributed by atoms with E-state index in [1.54, 1.807) is 12.1 Å². The van der Waals surface area contributed by atoms with Crippen LogP contribution in [-0.2, 0) is 12.3 Å². The minimum Gasteiger partial charge on any atom is -0.414 e. The highest BCUT2D eigenvalue weighted by Gasteiger charge is 2.07. The molecule has 1 aromatic heterocycles. The number of para-hydroxylation sites is 1. The van der Waals surface area contributed by atoms with Crippen LogP contribution < -0.4 is 5.32 Å². The molecular formula is C17H14N4OS. The van der Waals surface area contributed by atoms with E-state index in [-0.39, 0.29) is 0 Å². The van der Waals surface area contributed by atoms with Gasteiger partial charge < -0.3 is 9.73 Å². The third-order valence-corrected chi connectivity index (χ3v) is 4.00. The molecule has 0 radical (unpaired) electrons. The van der Waals surface area contributed by atoms with E-state index in [2.05, 4.69) is 21.6 Å². The van der Waals surface area contributed by atoms with Crippen LogP contribution >= 0.6 is 11.8 Å². The average Bonchev–Trinajstić information content (AvgIpc) is 3.07. The molecular weight excluding hydrogens is 308 g/mol. The van der Waals surface area contributed by atoms with Gasteiger partial charge in [-0.3, -0.25) is 0 Å². The Bertz CT molecular complexity index is 793. The highest BCUT2D eigenvalue weighted by atomic mass is 32.2. The highest BCUT2D eigenvalue weighted by Crippen LogP contribution is 2.22. The number of hydrogen-bond donors (Lipinski definition) is 1. The second-order valence-electron chi connectivity index (χ2n) is 4.78. The molecule has 0 fully saturated rings. The van der Waals surface area contributed by atoms with Crippen molar-refractivity contribution in [2.75, 3.05) is 5.32 Å². The van der Waals surface area contributed by atoms with Gasteiger partial charge in [-0.05, 0) is 29.8 Å². The Morgan fingerprint density at radius 1 is 1.04 bits per heavy atom. The van der Waals surface area contributed by atoms with Crippen LogP contribution in [0.2, 0.25) is 0 Å². The van der Waals surface area contributed by atoms with Crippen molar-refractivity contribution in [1.82, 2.24) is 10.2 Å². The van der Waals surface area contributed by atoms with E-state index in [1.165, 1.54) is 11.8 Å². The number of nitrogens with zero attached hydrogens (tertiary/aromatic N) is 3. The normalized spacial score (nSPS) is 10.2. The van der Waals surface area contributed by atoms with Crippen LogP contribution in [0.5, 0.6) is 0 Å². The number of benzene rings is 2. The average molecular weight is 322 g/mol. The molecule has 0 saturated carbocycles. The third kappa shape index (κ3) is 4.34. The van der Waals surface area contributed by atoms with Crippen LogP contribution in [0, 0.1) is 11.3 Å². The lowest BCUT2D eigenvalue weighted by Crippen LogP contribution is -1.99. The monoisotopic (exact) mass is 322 g/mol. The van der Waals surface area contributed by atoms with Gasteiger partial charge >= 0.3 is 0 Å². The first-order valence-corrected chi connectivity index (χ1v) is 8.05.